The van der Waals surface area contributed by atoms with Crippen LogP contribution in [0.3, 0.4) is 0 Å². The molecule has 134 valence electrons. The summed E-state index contributed by atoms with van der Waals surface area (Å²) in [7, 11) is 0. The highest BCUT2D eigenvalue weighted by molar-refractivity contribution is 5.85. The van der Waals surface area contributed by atoms with Crippen molar-refractivity contribution < 1.29 is 18.3 Å². The highest BCUT2D eigenvalue weighted by Gasteiger charge is 2.34. The lowest BCUT2D eigenvalue weighted by Gasteiger charge is -2.28. The first-order valence-electron chi connectivity index (χ1n) is 8.15. The Hall–Kier alpha value is -1.40. The zero-order valence-electron chi connectivity index (χ0n) is 13.3. The van der Waals surface area contributed by atoms with Gasteiger partial charge in [-0.15, -0.1) is 12.4 Å². The Morgan fingerprint density at radius 1 is 1.25 bits per heavy atom. The van der Waals surface area contributed by atoms with Crippen molar-refractivity contribution in [3.8, 4) is 5.75 Å². The largest absolute Gasteiger partial charge is 0.434 e. The lowest BCUT2D eigenvalue weighted by Crippen LogP contribution is -2.39. The number of rotatable bonds is 6. The summed E-state index contributed by atoms with van der Waals surface area (Å²) in [4.78, 5) is 12.1. The maximum atomic E-state index is 12.4. The lowest BCUT2D eigenvalue weighted by atomic mass is 9.89. The van der Waals surface area contributed by atoms with Gasteiger partial charge in [-0.1, -0.05) is 18.2 Å². The summed E-state index contributed by atoms with van der Waals surface area (Å²) >= 11 is 0. The van der Waals surface area contributed by atoms with Gasteiger partial charge in [-0.25, -0.2) is 0 Å². The van der Waals surface area contributed by atoms with E-state index in [0.717, 1.165) is 12.8 Å². The Balaban J connectivity index is 0.00000208. The highest BCUT2D eigenvalue weighted by atomic mass is 35.5. The fraction of sp³-hybridized carbons (Fsp3) is 0.588. The van der Waals surface area contributed by atoms with Crippen molar-refractivity contribution in [2.24, 2.45) is 5.92 Å². The molecule has 1 aromatic rings. The molecule has 4 nitrogen and oxygen atoms in total. The van der Waals surface area contributed by atoms with Crippen LogP contribution in [0.1, 0.15) is 37.7 Å². The zero-order valence-corrected chi connectivity index (χ0v) is 14.2. The van der Waals surface area contributed by atoms with Gasteiger partial charge >= 0.3 is 6.61 Å². The number of fused-ring (bicyclic) bond motifs is 2. The molecule has 0 saturated carbocycles. The van der Waals surface area contributed by atoms with Crippen LogP contribution in [0.25, 0.3) is 0 Å². The summed E-state index contributed by atoms with van der Waals surface area (Å²) in [5.41, 5.74) is 0.562. The van der Waals surface area contributed by atoms with Gasteiger partial charge < -0.3 is 15.4 Å². The number of amides is 1. The maximum Gasteiger partial charge on any atom is 0.387 e. The van der Waals surface area contributed by atoms with Gasteiger partial charge in [0.25, 0.3) is 0 Å². The second-order valence-corrected chi connectivity index (χ2v) is 6.44. The molecular formula is C17H23ClF2N2O2. The van der Waals surface area contributed by atoms with E-state index in [1.807, 2.05) is 0 Å². The number of nitrogens with one attached hydrogen (secondary N) is 2. The van der Waals surface area contributed by atoms with E-state index in [1.165, 1.54) is 18.9 Å². The Morgan fingerprint density at radius 2 is 1.92 bits per heavy atom. The second kappa shape index (κ2) is 8.62. The van der Waals surface area contributed by atoms with E-state index in [2.05, 4.69) is 15.4 Å². The van der Waals surface area contributed by atoms with E-state index in [4.69, 9.17) is 0 Å². The third-order valence-electron chi connectivity index (χ3n) is 4.71. The first-order valence-corrected chi connectivity index (χ1v) is 8.15. The fourth-order valence-electron chi connectivity index (χ4n) is 3.73. The molecule has 7 heteroatoms. The van der Waals surface area contributed by atoms with Crippen LogP contribution in [-0.2, 0) is 11.3 Å². The van der Waals surface area contributed by atoms with Crippen molar-refractivity contribution in [2.75, 3.05) is 0 Å². The van der Waals surface area contributed by atoms with Crippen LogP contribution in [0.15, 0.2) is 24.3 Å². The molecule has 2 aliphatic heterocycles. The third-order valence-corrected chi connectivity index (χ3v) is 4.71. The van der Waals surface area contributed by atoms with Gasteiger partial charge in [0.1, 0.15) is 5.75 Å². The Bertz CT molecular complexity index is 547. The Morgan fingerprint density at radius 3 is 2.58 bits per heavy atom. The van der Waals surface area contributed by atoms with Crippen molar-refractivity contribution >= 4 is 18.3 Å². The average molecular weight is 361 g/mol. The normalized spacial score (nSPS) is 25.2. The molecule has 24 heavy (non-hydrogen) atoms. The van der Waals surface area contributed by atoms with E-state index in [9.17, 15) is 13.6 Å². The minimum atomic E-state index is -2.86. The predicted molar refractivity (Wildman–Crippen MR) is 89.5 cm³/mol. The van der Waals surface area contributed by atoms with Crippen LogP contribution in [0, 0.1) is 5.92 Å². The van der Waals surface area contributed by atoms with Gasteiger partial charge in [0.2, 0.25) is 5.91 Å². The summed E-state index contributed by atoms with van der Waals surface area (Å²) in [6, 6.07) is 7.66. The van der Waals surface area contributed by atoms with Gasteiger partial charge in [-0.2, -0.15) is 8.78 Å². The van der Waals surface area contributed by atoms with Crippen molar-refractivity contribution in [1.82, 2.24) is 10.6 Å². The summed E-state index contributed by atoms with van der Waals surface area (Å²) in [6.07, 6.45) is 5.03. The van der Waals surface area contributed by atoms with E-state index in [0.29, 0.717) is 30.0 Å². The van der Waals surface area contributed by atoms with Crippen molar-refractivity contribution in [1.29, 1.82) is 0 Å². The minimum absolute atomic E-state index is 0. The quantitative estimate of drug-likeness (QED) is 0.818. The summed E-state index contributed by atoms with van der Waals surface area (Å²) in [5, 5.41) is 6.38. The molecule has 2 bridgehead atoms. The molecule has 0 aromatic heterocycles. The molecule has 2 saturated heterocycles. The molecule has 0 aliphatic carbocycles. The average Bonchev–Trinajstić information content (AvgIpc) is 2.85. The summed E-state index contributed by atoms with van der Waals surface area (Å²) < 4.78 is 29.2. The number of hydrogen-bond donors (Lipinski definition) is 2. The molecule has 1 aromatic carbocycles. The van der Waals surface area contributed by atoms with E-state index in [-0.39, 0.29) is 30.6 Å². The number of benzene rings is 1. The SMILES string of the molecule is Cl.O=C(CC1CC2CCC(C1)N2)NCc1ccccc1OC(F)F. The summed E-state index contributed by atoms with van der Waals surface area (Å²) in [6.45, 7) is -2.66. The molecule has 2 fully saturated rings. The number of hydrogen-bond acceptors (Lipinski definition) is 3. The number of carbonyl (C=O) groups excluding carboxylic acids is 1. The number of para-hydroxylation sites is 1. The first kappa shape index (κ1) is 18.9. The zero-order chi connectivity index (χ0) is 16.2. The molecule has 2 unspecified atom stereocenters. The van der Waals surface area contributed by atoms with Crippen LogP contribution in [0.5, 0.6) is 5.75 Å². The van der Waals surface area contributed by atoms with E-state index in [1.54, 1.807) is 18.2 Å². The predicted octanol–water partition coefficient (Wildman–Crippen LogP) is 3.25. The molecule has 3 rings (SSSR count). The standard InChI is InChI=1S/C17H22F2N2O2.ClH/c18-17(19)23-15-4-2-1-3-12(15)10-20-16(22)9-11-7-13-5-6-14(8-11)21-13;/h1-4,11,13-14,17,21H,5-10H2,(H,20,22);1H. The molecule has 0 spiro atoms. The number of carbonyl (C=O) groups is 1. The first-order chi connectivity index (χ1) is 11.1. The molecule has 2 N–H and O–H groups in total. The molecular weight excluding hydrogens is 338 g/mol. The number of ether oxygens (including phenoxy) is 1. The summed E-state index contributed by atoms with van der Waals surface area (Å²) in [5.74, 6) is 0.507. The molecule has 2 atom stereocenters. The molecule has 0 radical (unpaired) electrons. The topological polar surface area (TPSA) is 50.4 Å². The fourth-order valence-corrected chi connectivity index (χ4v) is 3.73. The van der Waals surface area contributed by atoms with Gasteiger partial charge in [-0.3, -0.25) is 4.79 Å². The van der Waals surface area contributed by atoms with Gasteiger partial charge in [0.15, 0.2) is 0 Å². The van der Waals surface area contributed by atoms with Crippen LogP contribution in [0.2, 0.25) is 0 Å². The van der Waals surface area contributed by atoms with Crippen LogP contribution >= 0.6 is 12.4 Å². The smallest absolute Gasteiger partial charge is 0.387 e. The number of halogens is 3. The minimum Gasteiger partial charge on any atom is -0.434 e. The second-order valence-electron chi connectivity index (χ2n) is 6.44. The van der Waals surface area contributed by atoms with Gasteiger partial charge in [0, 0.05) is 30.6 Å². The van der Waals surface area contributed by atoms with Crippen molar-refractivity contribution in [2.45, 2.75) is 57.3 Å². The Labute approximate surface area is 146 Å². The lowest BCUT2D eigenvalue weighted by molar-refractivity contribution is -0.122. The Kier molecular flexibility index (Phi) is 6.80. The van der Waals surface area contributed by atoms with Gasteiger partial charge in [-0.05, 0) is 37.7 Å². The van der Waals surface area contributed by atoms with Gasteiger partial charge in [0.05, 0.1) is 0 Å². The van der Waals surface area contributed by atoms with Crippen molar-refractivity contribution in [3.05, 3.63) is 29.8 Å². The highest BCUT2D eigenvalue weighted by Crippen LogP contribution is 2.32. The monoisotopic (exact) mass is 360 g/mol. The number of alkyl halides is 2. The maximum absolute atomic E-state index is 12.4. The van der Waals surface area contributed by atoms with Crippen LogP contribution in [-0.4, -0.2) is 24.6 Å². The molecule has 2 heterocycles. The van der Waals surface area contributed by atoms with E-state index >= 15 is 0 Å². The van der Waals surface area contributed by atoms with Crippen molar-refractivity contribution in [3.63, 3.8) is 0 Å². The number of piperidine rings is 1. The molecule has 1 amide bonds. The third kappa shape index (κ3) is 5.05. The molecule has 2 aliphatic rings. The van der Waals surface area contributed by atoms with Crippen LogP contribution in [0.4, 0.5) is 8.78 Å². The van der Waals surface area contributed by atoms with Crippen LogP contribution < -0.4 is 15.4 Å². The van der Waals surface area contributed by atoms with E-state index < -0.39 is 6.61 Å².